The second kappa shape index (κ2) is 10.9. The molecule has 1 aromatic carbocycles. The van der Waals surface area contributed by atoms with Crippen molar-refractivity contribution in [2.75, 3.05) is 10.6 Å². The van der Waals surface area contributed by atoms with Crippen LogP contribution in [0.1, 0.15) is 41.4 Å². The summed E-state index contributed by atoms with van der Waals surface area (Å²) >= 11 is 6.56. The summed E-state index contributed by atoms with van der Waals surface area (Å²) in [4.78, 5) is 11.4. The van der Waals surface area contributed by atoms with Crippen molar-refractivity contribution in [1.29, 1.82) is 5.26 Å². The molecule has 1 aliphatic carbocycles. The van der Waals surface area contributed by atoms with Gasteiger partial charge < -0.3 is 10.6 Å². The third kappa shape index (κ3) is 5.00. The molecule has 1 aliphatic rings. The van der Waals surface area contributed by atoms with Gasteiger partial charge in [0.15, 0.2) is 5.82 Å². The van der Waals surface area contributed by atoms with E-state index in [1.807, 2.05) is 6.07 Å². The highest BCUT2D eigenvalue weighted by molar-refractivity contribution is 6.36. The minimum atomic E-state index is -2.89. The number of aryl methyl sites for hydroxylation is 1. The number of alkyl halides is 2. The minimum Gasteiger partial charge on any atom is -0.372 e. The Hall–Kier alpha value is -4.97. The molecule has 0 radical (unpaired) electrons. The van der Waals surface area contributed by atoms with E-state index in [0.717, 1.165) is 18.3 Å². The molecule has 0 amide bonds. The normalized spacial score (nSPS) is 14.5. The fourth-order valence-corrected chi connectivity index (χ4v) is 5.16. The fourth-order valence-electron chi connectivity index (χ4n) is 4.90. The van der Waals surface area contributed by atoms with Crippen molar-refractivity contribution in [3.05, 3.63) is 93.9 Å². The van der Waals surface area contributed by atoms with Gasteiger partial charge in [-0.1, -0.05) is 22.9 Å². The number of nitrogens with zero attached hydrogens (tertiary/aromatic N) is 7. The Morgan fingerprint density at radius 3 is 2.48 bits per heavy atom. The predicted octanol–water partition coefficient (Wildman–Crippen LogP) is 6.71. The number of aromatic nitrogens is 6. The third-order valence-corrected chi connectivity index (χ3v) is 7.62. The number of pyridine rings is 3. The summed E-state index contributed by atoms with van der Waals surface area (Å²) in [6.45, 7) is 1.48. The molecular weight excluding hydrogens is 612 g/mol. The van der Waals surface area contributed by atoms with Crippen LogP contribution in [-0.2, 0) is 5.54 Å². The molecule has 4 heterocycles. The van der Waals surface area contributed by atoms with Gasteiger partial charge in [-0.05, 0) is 38.0 Å². The van der Waals surface area contributed by atoms with Crippen LogP contribution in [0, 0.1) is 41.9 Å². The summed E-state index contributed by atoms with van der Waals surface area (Å²) in [7, 11) is 0. The number of rotatable bonds is 8. The Balaban J connectivity index is 1.48. The summed E-state index contributed by atoms with van der Waals surface area (Å²) in [5.41, 5.74) is -1.18. The lowest BCUT2D eigenvalue weighted by Gasteiger charge is -2.21. The molecule has 9 nitrogen and oxygen atoms in total. The van der Waals surface area contributed by atoms with Gasteiger partial charge in [-0.25, -0.2) is 27.8 Å². The van der Waals surface area contributed by atoms with Crippen molar-refractivity contribution in [3.63, 3.8) is 0 Å². The Morgan fingerprint density at radius 1 is 1.05 bits per heavy atom. The first-order valence-electron chi connectivity index (χ1n) is 12.9. The van der Waals surface area contributed by atoms with Crippen molar-refractivity contribution in [2.24, 2.45) is 0 Å². The summed E-state index contributed by atoms with van der Waals surface area (Å²) < 4.78 is 85.2. The van der Waals surface area contributed by atoms with Gasteiger partial charge in [0, 0.05) is 34.6 Å². The van der Waals surface area contributed by atoms with E-state index in [0.29, 0.717) is 4.68 Å². The molecule has 16 heteroatoms. The van der Waals surface area contributed by atoms with Crippen LogP contribution < -0.4 is 10.6 Å². The average molecular weight is 630 g/mol. The van der Waals surface area contributed by atoms with Crippen molar-refractivity contribution >= 4 is 39.6 Å². The lowest BCUT2D eigenvalue weighted by atomic mass is 10.0. The van der Waals surface area contributed by atoms with Gasteiger partial charge in [-0.3, -0.25) is 4.98 Å². The molecule has 0 aliphatic heterocycles. The lowest BCUT2D eigenvalue weighted by Crippen LogP contribution is -2.29. The maximum Gasteiger partial charge on any atom is 0.263 e. The van der Waals surface area contributed by atoms with Gasteiger partial charge >= 0.3 is 0 Å². The van der Waals surface area contributed by atoms with E-state index in [2.05, 4.69) is 35.9 Å². The first-order chi connectivity index (χ1) is 21.0. The monoisotopic (exact) mass is 629 g/mol. The van der Waals surface area contributed by atoms with Crippen LogP contribution in [0.25, 0.3) is 10.9 Å². The molecule has 0 bridgehead atoms. The predicted molar refractivity (Wildman–Crippen MR) is 146 cm³/mol. The molecule has 5 aromatic rings. The van der Waals surface area contributed by atoms with Crippen LogP contribution in [0.5, 0.6) is 0 Å². The number of nitriles is 1. The highest BCUT2D eigenvalue weighted by Crippen LogP contribution is 2.49. The van der Waals surface area contributed by atoms with Gasteiger partial charge in [-0.15, -0.1) is 5.10 Å². The first-order valence-corrected chi connectivity index (χ1v) is 13.3. The molecule has 4 aromatic heterocycles. The quantitative estimate of drug-likeness (QED) is 0.144. The molecule has 0 saturated heterocycles. The van der Waals surface area contributed by atoms with Gasteiger partial charge in [0.1, 0.15) is 23.3 Å². The number of fused-ring (bicyclic) bond motifs is 1. The van der Waals surface area contributed by atoms with Crippen molar-refractivity contribution in [1.82, 2.24) is 29.9 Å². The highest BCUT2D eigenvalue weighted by Gasteiger charge is 2.56. The molecule has 1 fully saturated rings. The van der Waals surface area contributed by atoms with E-state index < -0.39 is 41.7 Å². The van der Waals surface area contributed by atoms with E-state index >= 15 is 4.39 Å². The lowest BCUT2D eigenvalue weighted by molar-refractivity contribution is 0.0524. The molecule has 2 N–H and O–H groups in total. The minimum absolute atomic E-state index is 0.0113. The van der Waals surface area contributed by atoms with Crippen LogP contribution in [0.2, 0.25) is 5.02 Å². The summed E-state index contributed by atoms with van der Waals surface area (Å²) in [5, 5.41) is 23.6. The van der Waals surface area contributed by atoms with Gasteiger partial charge in [-0.2, -0.15) is 18.4 Å². The van der Waals surface area contributed by atoms with E-state index in [-0.39, 0.29) is 68.3 Å². The zero-order valence-corrected chi connectivity index (χ0v) is 23.1. The summed E-state index contributed by atoms with van der Waals surface area (Å²) in [6, 6.07) is 6.91. The first kappa shape index (κ1) is 29.1. The van der Waals surface area contributed by atoms with Crippen molar-refractivity contribution in [2.45, 2.75) is 37.8 Å². The van der Waals surface area contributed by atoms with Crippen LogP contribution in [0.4, 0.5) is 43.4 Å². The Kier molecular flexibility index (Phi) is 7.24. The molecule has 1 unspecified atom stereocenters. The van der Waals surface area contributed by atoms with Crippen LogP contribution in [0.3, 0.4) is 0 Å². The molecule has 224 valence electrons. The fraction of sp³-hybridized carbons (Fsp3) is 0.214. The van der Waals surface area contributed by atoms with Gasteiger partial charge in [0.2, 0.25) is 17.8 Å². The van der Waals surface area contributed by atoms with Crippen molar-refractivity contribution in [3.8, 4) is 6.07 Å². The van der Waals surface area contributed by atoms with Crippen LogP contribution in [0.15, 0.2) is 42.7 Å². The molecule has 0 spiro atoms. The van der Waals surface area contributed by atoms with E-state index in [1.165, 1.54) is 31.3 Å². The van der Waals surface area contributed by atoms with Crippen LogP contribution in [-0.4, -0.2) is 36.4 Å². The van der Waals surface area contributed by atoms with E-state index in [9.17, 15) is 27.2 Å². The van der Waals surface area contributed by atoms with E-state index in [1.54, 1.807) is 0 Å². The number of halogens is 7. The second-order valence-corrected chi connectivity index (χ2v) is 10.5. The van der Waals surface area contributed by atoms with Gasteiger partial charge in [0.25, 0.3) is 6.43 Å². The number of hydrogen-bond acceptors (Lipinski definition) is 8. The Bertz CT molecular complexity index is 1970. The Morgan fingerprint density at radius 2 is 1.82 bits per heavy atom. The number of hydrogen-bond donors (Lipinski definition) is 2. The second-order valence-electron chi connectivity index (χ2n) is 10.1. The smallest absolute Gasteiger partial charge is 0.263 e. The molecular formula is C28H18ClF6N9. The summed E-state index contributed by atoms with van der Waals surface area (Å²) in [5.74, 6) is -4.45. The molecule has 44 heavy (non-hydrogen) atoms. The zero-order valence-electron chi connectivity index (χ0n) is 22.4. The third-order valence-electron chi connectivity index (χ3n) is 7.33. The molecule has 1 saturated carbocycles. The number of anilines is 3. The average Bonchev–Trinajstić information content (AvgIpc) is 3.70. The Labute approximate surface area is 249 Å². The van der Waals surface area contributed by atoms with E-state index in [4.69, 9.17) is 11.6 Å². The SMILES string of the molecule is Cc1nc(F)ccc1C(Nc1cc(Cl)c2ncc(C#N)c(Nc3cnc(F)c(F)c3)c2c1)c1nnn(C2(C(F)F)CC2)c1F. The largest absolute Gasteiger partial charge is 0.372 e. The summed E-state index contributed by atoms with van der Waals surface area (Å²) in [6.07, 6.45) is -0.607. The standard InChI is InChI=1S/C28H18ClF6N9/c1-12-16(2-3-20(31)39-12)23(24-26(33)44(43-42-24)28(4-5-28)27(34)35)40-14-6-17-21(41-15-8-19(30)25(32)38-11-15)13(9-36)10-37-22(17)18(29)7-14/h2-3,6-8,10-11,23,27,40H,4-5H2,1H3,(H,37,41). The maximum atomic E-state index is 15.8. The molecule has 1 atom stereocenters. The van der Waals surface area contributed by atoms with Gasteiger partial charge in [0.05, 0.1) is 33.7 Å². The number of benzene rings is 1. The maximum absolute atomic E-state index is 15.8. The van der Waals surface area contributed by atoms with Crippen LogP contribution >= 0.6 is 11.6 Å². The zero-order chi connectivity index (χ0) is 31.3. The number of nitrogens with one attached hydrogen (secondary N) is 2. The topological polar surface area (TPSA) is 117 Å². The van der Waals surface area contributed by atoms with Crippen molar-refractivity contribution < 1.29 is 26.3 Å². The molecule has 6 rings (SSSR count). The highest BCUT2D eigenvalue weighted by atomic mass is 35.5.